The first kappa shape index (κ1) is 13.9. The Hall–Kier alpha value is -1.49. The van der Waals surface area contributed by atoms with Crippen LogP contribution in [0.5, 0.6) is 0 Å². The Balaban J connectivity index is 1.98. The van der Waals surface area contributed by atoms with Crippen LogP contribution in [-0.2, 0) is 16.0 Å². The molecule has 2 amide bonds. The average Bonchev–Trinajstić information content (AvgIpc) is 2.76. The van der Waals surface area contributed by atoms with Gasteiger partial charge >= 0.3 is 0 Å². The first-order valence-electron chi connectivity index (χ1n) is 6.26. The van der Waals surface area contributed by atoms with Crippen molar-refractivity contribution in [3.63, 3.8) is 0 Å². The van der Waals surface area contributed by atoms with Gasteiger partial charge in [-0.05, 0) is 31.0 Å². The average molecular weight is 278 g/mol. The Morgan fingerprint density at radius 3 is 2.53 bits per heavy atom. The fourth-order valence-electron chi connectivity index (χ4n) is 2.28. The van der Waals surface area contributed by atoms with Crippen molar-refractivity contribution in [2.75, 3.05) is 13.1 Å². The highest BCUT2D eigenvalue weighted by molar-refractivity contribution is 7.80. The van der Waals surface area contributed by atoms with Crippen molar-refractivity contribution in [1.29, 1.82) is 0 Å². The van der Waals surface area contributed by atoms with E-state index in [1.54, 1.807) is 4.90 Å². The zero-order valence-corrected chi connectivity index (χ0v) is 11.8. The molecule has 102 valence electrons. The van der Waals surface area contributed by atoms with Gasteiger partial charge in [-0.1, -0.05) is 12.1 Å². The summed E-state index contributed by atoms with van der Waals surface area (Å²) in [7, 11) is 0. The van der Waals surface area contributed by atoms with Crippen molar-refractivity contribution in [3.8, 4) is 0 Å². The summed E-state index contributed by atoms with van der Waals surface area (Å²) in [6.07, 6.45) is 0.993. The van der Waals surface area contributed by atoms with E-state index in [-0.39, 0.29) is 11.8 Å². The van der Waals surface area contributed by atoms with Gasteiger partial charge in [0.25, 0.3) is 0 Å². The third-order valence-electron chi connectivity index (χ3n) is 3.71. The molecule has 19 heavy (non-hydrogen) atoms. The summed E-state index contributed by atoms with van der Waals surface area (Å²) >= 11 is 4.21. The minimum atomic E-state index is -0.579. The van der Waals surface area contributed by atoms with E-state index in [1.807, 2.05) is 31.2 Å². The number of nitrogens with zero attached hydrogens (tertiary/aromatic N) is 1. The third-order valence-corrected chi connectivity index (χ3v) is 4.01. The van der Waals surface area contributed by atoms with Crippen LogP contribution in [0.4, 0.5) is 0 Å². The van der Waals surface area contributed by atoms with Gasteiger partial charge in [-0.2, -0.15) is 0 Å². The molecule has 0 aromatic heterocycles. The quantitative estimate of drug-likeness (QED) is 0.817. The third kappa shape index (κ3) is 3.10. The molecular weight excluding hydrogens is 260 g/mol. The number of likely N-dealkylation sites (tertiary alicyclic amines) is 1. The lowest BCUT2D eigenvalue weighted by Gasteiger charge is -2.21. The summed E-state index contributed by atoms with van der Waals surface area (Å²) in [4.78, 5) is 26.1. The minimum Gasteiger partial charge on any atom is -0.369 e. The van der Waals surface area contributed by atoms with Crippen molar-refractivity contribution in [2.24, 2.45) is 11.1 Å². The standard InChI is InChI=1S/C14H18N2O2S/c1-14(13(15)18)6-7-16(9-14)12(17)8-10-2-4-11(19)5-3-10/h2-5,19H,6-9H2,1H3,(H2,15,18). The lowest BCUT2D eigenvalue weighted by Crippen LogP contribution is -2.39. The Morgan fingerprint density at radius 1 is 1.37 bits per heavy atom. The van der Waals surface area contributed by atoms with Crippen LogP contribution in [0.2, 0.25) is 0 Å². The van der Waals surface area contributed by atoms with Gasteiger partial charge < -0.3 is 10.6 Å². The molecule has 0 saturated carbocycles. The Bertz CT molecular complexity index is 501. The topological polar surface area (TPSA) is 63.4 Å². The molecule has 1 heterocycles. The predicted octanol–water partition coefficient (Wildman–Crippen LogP) is 1.24. The maximum absolute atomic E-state index is 12.2. The number of hydrogen-bond donors (Lipinski definition) is 2. The maximum atomic E-state index is 12.2. The molecule has 0 spiro atoms. The Labute approximate surface area is 118 Å². The van der Waals surface area contributed by atoms with Gasteiger partial charge in [-0.3, -0.25) is 9.59 Å². The number of carbonyl (C=O) groups is 2. The monoisotopic (exact) mass is 278 g/mol. The molecule has 1 atom stereocenters. The minimum absolute atomic E-state index is 0.0388. The van der Waals surface area contributed by atoms with E-state index in [0.29, 0.717) is 25.9 Å². The van der Waals surface area contributed by atoms with E-state index in [1.165, 1.54) is 0 Å². The lowest BCUT2D eigenvalue weighted by molar-refractivity contribution is -0.131. The highest BCUT2D eigenvalue weighted by atomic mass is 32.1. The fourth-order valence-corrected chi connectivity index (χ4v) is 2.42. The number of nitrogens with two attached hydrogens (primary N) is 1. The van der Waals surface area contributed by atoms with E-state index < -0.39 is 5.41 Å². The van der Waals surface area contributed by atoms with Crippen LogP contribution < -0.4 is 5.73 Å². The summed E-state index contributed by atoms with van der Waals surface area (Å²) in [5.74, 6) is -0.292. The number of thiol groups is 1. The van der Waals surface area contributed by atoms with Crippen LogP contribution in [0, 0.1) is 5.41 Å². The molecule has 0 radical (unpaired) electrons. The first-order valence-corrected chi connectivity index (χ1v) is 6.71. The van der Waals surface area contributed by atoms with Crippen LogP contribution in [0.15, 0.2) is 29.2 Å². The molecule has 1 saturated heterocycles. The summed E-state index contributed by atoms with van der Waals surface area (Å²) < 4.78 is 0. The molecule has 1 aliphatic rings. The Kier molecular flexibility index (Phi) is 3.85. The molecule has 1 fully saturated rings. The van der Waals surface area contributed by atoms with Gasteiger partial charge in [-0.25, -0.2) is 0 Å². The largest absolute Gasteiger partial charge is 0.369 e. The SMILES string of the molecule is CC1(C(N)=O)CCN(C(=O)Cc2ccc(S)cc2)C1. The van der Waals surface area contributed by atoms with Gasteiger partial charge in [-0.15, -0.1) is 12.6 Å². The summed E-state index contributed by atoms with van der Waals surface area (Å²) in [6.45, 7) is 2.84. The van der Waals surface area contributed by atoms with Crippen molar-refractivity contribution in [3.05, 3.63) is 29.8 Å². The lowest BCUT2D eigenvalue weighted by atomic mass is 9.89. The van der Waals surface area contributed by atoms with Gasteiger partial charge in [0.1, 0.15) is 0 Å². The molecule has 0 bridgehead atoms. The molecular formula is C14H18N2O2S. The summed E-state index contributed by atoms with van der Waals surface area (Å²) in [6, 6.07) is 7.51. The van der Waals surface area contributed by atoms with Crippen LogP contribution in [0.1, 0.15) is 18.9 Å². The van der Waals surface area contributed by atoms with E-state index >= 15 is 0 Å². The zero-order valence-electron chi connectivity index (χ0n) is 10.9. The molecule has 0 aliphatic carbocycles. The molecule has 1 aliphatic heterocycles. The van der Waals surface area contributed by atoms with Crippen LogP contribution >= 0.6 is 12.6 Å². The molecule has 1 aromatic rings. The molecule has 2 N–H and O–H groups in total. The van der Waals surface area contributed by atoms with Crippen LogP contribution in [-0.4, -0.2) is 29.8 Å². The number of benzene rings is 1. The highest BCUT2D eigenvalue weighted by Gasteiger charge is 2.40. The Morgan fingerprint density at radius 2 is 2.00 bits per heavy atom. The number of hydrogen-bond acceptors (Lipinski definition) is 3. The number of rotatable bonds is 3. The smallest absolute Gasteiger partial charge is 0.227 e. The number of primary amides is 1. The van der Waals surface area contributed by atoms with Gasteiger partial charge in [0, 0.05) is 18.0 Å². The zero-order chi connectivity index (χ0) is 14.0. The first-order chi connectivity index (χ1) is 8.90. The van der Waals surface area contributed by atoms with E-state index in [2.05, 4.69) is 12.6 Å². The molecule has 5 heteroatoms. The molecule has 1 unspecified atom stereocenters. The second kappa shape index (κ2) is 5.25. The second-order valence-corrected chi connectivity index (χ2v) is 5.85. The summed E-state index contributed by atoms with van der Waals surface area (Å²) in [5, 5.41) is 0. The van der Waals surface area contributed by atoms with E-state index in [4.69, 9.17) is 5.73 Å². The highest BCUT2D eigenvalue weighted by Crippen LogP contribution is 2.29. The maximum Gasteiger partial charge on any atom is 0.227 e. The molecule has 4 nitrogen and oxygen atoms in total. The normalized spacial score (nSPS) is 22.5. The van der Waals surface area contributed by atoms with E-state index in [9.17, 15) is 9.59 Å². The van der Waals surface area contributed by atoms with Crippen molar-refractivity contribution in [2.45, 2.75) is 24.7 Å². The summed E-state index contributed by atoms with van der Waals surface area (Å²) in [5.41, 5.74) is 5.75. The van der Waals surface area contributed by atoms with Crippen molar-refractivity contribution >= 4 is 24.4 Å². The van der Waals surface area contributed by atoms with Crippen molar-refractivity contribution in [1.82, 2.24) is 4.90 Å². The van der Waals surface area contributed by atoms with Gasteiger partial charge in [0.05, 0.1) is 11.8 Å². The number of carbonyl (C=O) groups excluding carboxylic acids is 2. The van der Waals surface area contributed by atoms with Crippen LogP contribution in [0.3, 0.4) is 0 Å². The predicted molar refractivity (Wildman–Crippen MR) is 75.9 cm³/mol. The van der Waals surface area contributed by atoms with Crippen molar-refractivity contribution < 1.29 is 9.59 Å². The molecule has 1 aromatic carbocycles. The van der Waals surface area contributed by atoms with Gasteiger partial charge in [0.15, 0.2) is 0 Å². The van der Waals surface area contributed by atoms with Crippen LogP contribution in [0.25, 0.3) is 0 Å². The number of amides is 2. The second-order valence-electron chi connectivity index (χ2n) is 5.33. The fraction of sp³-hybridized carbons (Fsp3) is 0.429. The van der Waals surface area contributed by atoms with E-state index in [0.717, 1.165) is 10.5 Å². The van der Waals surface area contributed by atoms with Gasteiger partial charge in [0.2, 0.25) is 11.8 Å². The molecule has 2 rings (SSSR count).